The van der Waals surface area contributed by atoms with Crippen molar-refractivity contribution >= 4 is 23.2 Å². The Kier molecular flexibility index (Phi) is 7.72. The van der Waals surface area contributed by atoms with Crippen LogP contribution in [0.4, 0.5) is 0 Å². The molecule has 0 aliphatic carbocycles. The lowest BCUT2D eigenvalue weighted by Gasteiger charge is -2.36. The summed E-state index contributed by atoms with van der Waals surface area (Å²) in [6.07, 6.45) is 8.68. The summed E-state index contributed by atoms with van der Waals surface area (Å²) in [7, 11) is 0. The van der Waals surface area contributed by atoms with E-state index in [9.17, 15) is 9.59 Å². The lowest BCUT2D eigenvalue weighted by Crippen LogP contribution is -2.45. The van der Waals surface area contributed by atoms with Gasteiger partial charge in [-0.2, -0.15) is 5.10 Å². The summed E-state index contributed by atoms with van der Waals surface area (Å²) in [6, 6.07) is 19.9. The Morgan fingerprint density at radius 3 is 2.49 bits per heavy atom. The van der Waals surface area contributed by atoms with Gasteiger partial charge in [-0.15, -0.1) is 0 Å². The number of rotatable bonds is 10. The number of aromatic nitrogens is 3. The van der Waals surface area contributed by atoms with Crippen molar-refractivity contribution in [2.24, 2.45) is 5.92 Å². The molecule has 2 saturated heterocycles. The Balaban J connectivity index is 1.19. The van der Waals surface area contributed by atoms with Gasteiger partial charge in [0.2, 0.25) is 6.41 Å². The zero-order valence-electron chi connectivity index (χ0n) is 23.6. The standard InChI is InChI=1S/C33H37N5O3/c1-3-21(4-2)32(30-7-5-6-16-34-30)35-33(40)23-10-15-29-28(17-23)31(37-36-29)22-8-13-26(14-9-22)41-27-18-24-11-12-25(19-27)38(24)20-39/h5-10,13-17,20-21,24-25,27,32H,3-4,11-12,18-19H2,1-2H3,(H,35,40)(H,36,37)/t24-,25+,27+,32?. The average Bonchev–Trinajstić information content (AvgIpc) is 3.54. The first-order valence-electron chi connectivity index (χ1n) is 14.8. The lowest BCUT2D eigenvalue weighted by molar-refractivity contribution is -0.123. The van der Waals surface area contributed by atoms with Crippen molar-refractivity contribution in [1.82, 2.24) is 25.4 Å². The summed E-state index contributed by atoms with van der Waals surface area (Å²) in [6.45, 7) is 4.30. The summed E-state index contributed by atoms with van der Waals surface area (Å²) in [5.74, 6) is 0.982. The molecular formula is C33H37N5O3. The van der Waals surface area contributed by atoms with E-state index in [1.165, 1.54) is 0 Å². The molecule has 1 unspecified atom stereocenters. The number of benzene rings is 2. The van der Waals surface area contributed by atoms with Gasteiger partial charge < -0.3 is 15.0 Å². The fourth-order valence-electron chi connectivity index (χ4n) is 6.67. The minimum absolute atomic E-state index is 0.122. The topological polar surface area (TPSA) is 100 Å². The molecule has 0 spiro atoms. The highest BCUT2D eigenvalue weighted by Gasteiger charge is 2.40. The number of H-pyrrole nitrogens is 1. The van der Waals surface area contributed by atoms with Crippen LogP contribution < -0.4 is 10.1 Å². The molecule has 2 bridgehead atoms. The van der Waals surface area contributed by atoms with Crippen LogP contribution in [0.25, 0.3) is 22.2 Å². The number of pyridine rings is 1. The fourth-order valence-corrected chi connectivity index (χ4v) is 6.67. The zero-order chi connectivity index (χ0) is 28.3. The first-order valence-corrected chi connectivity index (χ1v) is 14.8. The van der Waals surface area contributed by atoms with Gasteiger partial charge in [-0.3, -0.25) is 19.7 Å². The maximum Gasteiger partial charge on any atom is 0.251 e. The van der Waals surface area contributed by atoms with Crippen LogP contribution in [-0.4, -0.2) is 50.6 Å². The third-order valence-electron chi connectivity index (χ3n) is 8.94. The van der Waals surface area contributed by atoms with Crippen LogP contribution in [0.5, 0.6) is 5.75 Å². The van der Waals surface area contributed by atoms with E-state index in [4.69, 9.17) is 4.74 Å². The van der Waals surface area contributed by atoms with Crippen molar-refractivity contribution in [2.75, 3.05) is 0 Å². The zero-order valence-corrected chi connectivity index (χ0v) is 23.6. The van der Waals surface area contributed by atoms with Crippen LogP contribution in [0.3, 0.4) is 0 Å². The molecule has 0 radical (unpaired) electrons. The maximum atomic E-state index is 13.5. The van der Waals surface area contributed by atoms with Crippen molar-refractivity contribution < 1.29 is 14.3 Å². The van der Waals surface area contributed by atoms with E-state index in [2.05, 4.69) is 34.3 Å². The Morgan fingerprint density at radius 1 is 1.07 bits per heavy atom. The highest BCUT2D eigenvalue weighted by atomic mass is 16.5. The minimum Gasteiger partial charge on any atom is -0.490 e. The van der Waals surface area contributed by atoms with Crippen LogP contribution >= 0.6 is 0 Å². The van der Waals surface area contributed by atoms with Crippen LogP contribution in [0, 0.1) is 5.92 Å². The number of hydrogen-bond acceptors (Lipinski definition) is 5. The quantitative estimate of drug-likeness (QED) is 0.233. The predicted molar refractivity (Wildman–Crippen MR) is 158 cm³/mol. The highest BCUT2D eigenvalue weighted by Crippen LogP contribution is 2.37. The SMILES string of the molecule is CCC(CC)C(NC(=O)c1ccc2[nH]nc(-c3ccc(O[C@H]4C[C@H]5CC[C@@H](C4)N5C=O)cc3)c2c1)c1ccccn1. The number of ether oxygens (including phenoxy) is 1. The van der Waals surface area contributed by atoms with E-state index in [0.717, 1.165) is 78.5 Å². The van der Waals surface area contributed by atoms with Crippen LogP contribution in [-0.2, 0) is 4.79 Å². The molecule has 2 fully saturated rings. The molecular weight excluding hydrogens is 514 g/mol. The number of hydrogen-bond donors (Lipinski definition) is 2. The summed E-state index contributed by atoms with van der Waals surface area (Å²) >= 11 is 0. The van der Waals surface area contributed by atoms with E-state index in [1.807, 2.05) is 65.6 Å². The Hall–Kier alpha value is -4.20. The van der Waals surface area contributed by atoms with Gasteiger partial charge in [-0.1, -0.05) is 32.8 Å². The number of aromatic amines is 1. The molecule has 2 aromatic carbocycles. The summed E-state index contributed by atoms with van der Waals surface area (Å²) in [5.41, 5.74) is 4.07. The number of amides is 2. The summed E-state index contributed by atoms with van der Waals surface area (Å²) < 4.78 is 6.32. The Morgan fingerprint density at radius 2 is 1.83 bits per heavy atom. The van der Waals surface area contributed by atoms with Crippen molar-refractivity contribution in [3.05, 3.63) is 78.1 Å². The predicted octanol–water partition coefficient (Wildman–Crippen LogP) is 6.06. The smallest absolute Gasteiger partial charge is 0.251 e. The second-order valence-corrected chi connectivity index (χ2v) is 11.3. The molecule has 4 heterocycles. The van der Waals surface area contributed by atoms with Crippen molar-refractivity contribution in [3.63, 3.8) is 0 Å². The number of nitrogens with one attached hydrogen (secondary N) is 2. The van der Waals surface area contributed by atoms with Crippen molar-refractivity contribution in [2.45, 2.75) is 76.6 Å². The summed E-state index contributed by atoms with van der Waals surface area (Å²) in [5, 5.41) is 11.8. The largest absolute Gasteiger partial charge is 0.490 e. The van der Waals surface area contributed by atoms with Gasteiger partial charge in [0.05, 0.1) is 22.9 Å². The molecule has 2 N–H and O–H groups in total. The van der Waals surface area contributed by atoms with E-state index in [0.29, 0.717) is 17.6 Å². The molecule has 212 valence electrons. The minimum atomic E-state index is -0.161. The third-order valence-corrected chi connectivity index (χ3v) is 8.94. The van der Waals surface area contributed by atoms with Crippen LogP contribution in [0.15, 0.2) is 66.9 Å². The summed E-state index contributed by atoms with van der Waals surface area (Å²) in [4.78, 5) is 31.4. The molecule has 0 saturated carbocycles. The first kappa shape index (κ1) is 27.0. The van der Waals surface area contributed by atoms with E-state index in [-0.39, 0.29) is 24.0 Å². The Bertz CT molecular complexity index is 1480. The third kappa shape index (κ3) is 5.43. The van der Waals surface area contributed by atoms with Gasteiger partial charge in [0.1, 0.15) is 11.9 Å². The lowest BCUT2D eigenvalue weighted by atomic mass is 9.91. The molecule has 2 aliphatic rings. The van der Waals surface area contributed by atoms with Gasteiger partial charge in [0.25, 0.3) is 5.91 Å². The molecule has 6 rings (SSSR count). The van der Waals surface area contributed by atoms with Gasteiger partial charge >= 0.3 is 0 Å². The highest BCUT2D eigenvalue weighted by molar-refractivity contribution is 6.01. The normalized spacial score (nSPS) is 20.8. The molecule has 2 aliphatic heterocycles. The van der Waals surface area contributed by atoms with E-state index >= 15 is 0 Å². The average molecular weight is 552 g/mol. The molecule has 4 aromatic rings. The number of carbonyl (C=O) groups excluding carboxylic acids is 2. The number of carbonyl (C=O) groups is 2. The molecule has 8 heteroatoms. The van der Waals surface area contributed by atoms with Gasteiger partial charge in [0, 0.05) is 47.6 Å². The van der Waals surface area contributed by atoms with E-state index < -0.39 is 0 Å². The second-order valence-electron chi connectivity index (χ2n) is 11.3. The van der Waals surface area contributed by atoms with E-state index in [1.54, 1.807) is 6.20 Å². The van der Waals surface area contributed by atoms with Gasteiger partial charge in [-0.05, 0) is 73.4 Å². The van der Waals surface area contributed by atoms with Gasteiger partial charge in [-0.25, -0.2) is 0 Å². The monoisotopic (exact) mass is 551 g/mol. The number of piperidine rings is 1. The Labute approximate surface area is 240 Å². The van der Waals surface area contributed by atoms with Crippen molar-refractivity contribution in [3.8, 4) is 17.0 Å². The number of fused-ring (bicyclic) bond motifs is 3. The molecule has 41 heavy (non-hydrogen) atoms. The number of nitrogens with zero attached hydrogens (tertiary/aromatic N) is 3. The van der Waals surface area contributed by atoms with Crippen LogP contribution in [0.1, 0.15) is 74.5 Å². The second kappa shape index (κ2) is 11.7. The molecule has 4 atom stereocenters. The molecule has 2 amide bonds. The molecule has 8 nitrogen and oxygen atoms in total. The van der Waals surface area contributed by atoms with Gasteiger partial charge in [0.15, 0.2) is 0 Å². The maximum absolute atomic E-state index is 13.5. The molecule has 2 aromatic heterocycles. The fraction of sp³-hybridized carbons (Fsp3) is 0.394. The first-order chi connectivity index (χ1) is 20.1. The van der Waals surface area contributed by atoms with Crippen molar-refractivity contribution in [1.29, 1.82) is 0 Å². The van der Waals surface area contributed by atoms with Crippen LogP contribution in [0.2, 0.25) is 0 Å².